The van der Waals surface area contributed by atoms with Crippen LogP contribution in [0, 0.1) is 17.8 Å². The molecule has 1 aliphatic rings. The van der Waals surface area contributed by atoms with Crippen LogP contribution in [-0.4, -0.2) is 88.8 Å². The van der Waals surface area contributed by atoms with Crippen molar-refractivity contribution in [3.63, 3.8) is 0 Å². The molecule has 13 heteroatoms. The van der Waals surface area contributed by atoms with Crippen molar-refractivity contribution in [2.24, 2.45) is 23.5 Å². The van der Waals surface area contributed by atoms with E-state index in [1.807, 2.05) is 41.5 Å². The number of carbonyl (C=O) groups excluding carboxylic acids is 5. The van der Waals surface area contributed by atoms with Crippen molar-refractivity contribution < 1.29 is 33.9 Å². The van der Waals surface area contributed by atoms with Crippen LogP contribution in [0.15, 0.2) is 0 Å². The first kappa shape index (κ1) is 35.8. The van der Waals surface area contributed by atoms with Gasteiger partial charge in [-0.25, -0.2) is 4.79 Å². The van der Waals surface area contributed by atoms with Crippen molar-refractivity contribution in [3.05, 3.63) is 0 Å². The van der Waals surface area contributed by atoms with Crippen molar-refractivity contribution in [1.82, 2.24) is 26.2 Å². The number of carboxylic acids is 1. The molecule has 1 saturated heterocycles. The second kappa shape index (κ2) is 16.9. The Kier molecular flexibility index (Phi) is 14.8. The van der Waals surface area contributed by atoms with Crippen LogP contribution in [0.3, 0.4) is 0 Å². The minimum Gasteiger partial charge on any atom is -0.480 e. The minimum absolute atomic E-state index is 0.0147. The second-order valence-electron chi connectivity index (χ2n) is 12.1. The normalized spacial score (nSPS) is 18.0. The Morgan fingerprint density at radius 2 is 1.29 bits per heavy atom. The Hall–Kier alpha value is -3.22. The molecule has 1 rings (SSSR count). The number of nitrogens with one attached hydrogen (secondary N) is 4. The van der Waals surface area contributed by atoms with Gasteiger partial charge in [-0.2, -0.15) is 0 Å². The van der Waals surface area contributed by atoms with Crippen LogP contribution in [0.4, 0.5) is 0 Å². The molecule has 0 bridgehead atoms. The maximum Gasteiger partial charge on any atom is 0.326 e. The molecule has 1 fully saturated rings. The fourth-order valence-corrected chi connectivity index (χ4v) is 4.79. The van der Waals surface area contributed by atoms with Gasteiger partial charge in [0.25, 0.3) is 0 Å². The number of rotatable bonds is 16. The summed E-state index contributed by atoms with van der Waals surface area (Å²) in [5.74, 6) is -3.58. The van der Waals surface area contributed by atoms with Crippen molar-refractivity contribution in [3.8, 4) is 0 Å². The van der Waals surface area contributed by atoms with Crippen LogP contribution in [0.25, 0.3) is 0 Å². The largest absolute Gasteiger partial charge is 0.480 e. The molecule has 7 N–H and O–H groups in total. The number of carbonyl (C=O) groups is 6. The lowest BCUT2D eigenvalue weighted by Crippen LogP contribution is -2.58. The van der Waals surface area contributed by atoms with Crippen molar-refractivity contribution in [2.45, 2.75) is 111 Å². The highest BCUT2D eigenvalue weighted by Crippen LogP contribution is 2.21. The van der Waals surface area contributed by atoms with E-state index in [-0.39, 0.29) is 43.0 Å². The molecular weight excluding hydrogens is 532 g/mol. The van der Waals surface area contributed by atoms with E-state index < -0.39 is 59.8 Å². The third-order valence-electron chi connectivity index (χ3n) is 6.78. The number of aliphatic carboxylic acids is 1. The van der Waals surface area contributed by atoms with Gasteiger partial charge in [-0.1, -0.05) is 41.5 Å². The van der Waals surface area contributed by atoms with Gasteiger partial charge in [-0.05, 0) is 56.8 Å². The summed E-state index contributed by atoms with van der Waals surface area (Å²) in [4.78, 5) is 77.5. The van der Waals surface area contributed by atoms with Gasteiger partial charge in [0.1, 0.15) is 30.2 Å². The van der Waals surface area contributed by atoms with Gasteiger partial charge in [-0.3, -0.25) is 24.0 Å². The lowest BCUT2D eigenvalue weighted by atomic mass is 10.0. The number of nitrogens with two attached hydrogens (primary N) is 1. The third kappa shape index (κ3) is 12.0. The highest BCUT2D eigenvalue weighted by atomic mass is 16.4. The molecule has 0 unspecified atom stereocenters. The van der Waals surface area contributed by atoms with Gasteiger partial charge in [0, 0.05) is 6.54 Å². The zero-order valence-corrected chi connectivity index (χ0v) is 25.5. The molecule has 0 spiro atoms. The monoisotopic (exact) mass is 582 g/mol. The lowest BCUT2D eigenvalue weighted by molar-refractivity contribution is -0.143. The predicted octanol–water partition coefficient (Wildman–Crippen LogP) is 0.118. The van der Waals surface area contributed by atoms with Crippen LogP contribution in [0.1, 0.15) is 80.6 Å². The van der Waals surface area contributed by atoms with Crippen LogP contribution < -0.4 is 27.0 Å². The molecular formula is C28H50N6O7. The van der Waals surface area contributed by atoms with Gasteiger partial charge in [0.05, 0.1) is 6.54 Å². The highest BCUT2D eigenvalue weighted by molar-refractivity contribution is 5.96. The number of likely N-dealkylation sites (tertiary alicyclic amines) is 1. The van der Waals surface area contributed by atoms with Crippen molar-refractivity contribution in [2.75, 3.05) is 13.1 Å². The minimum atomic E-state index is -1.16. The number of hydrogen-bond acceptors (Lipinski definition) is 7. The Labute approximate surface area is 243 Å². The average Bonchev–Trinajstić information content (AvgIpc) is 3.36. The van der Waals surface area contributed by atoms with Crippen LogP contribution in [0.5, 0.6) is 0 Å². The molecule has 1 heterocycles. The summed E-state index contributed by atoms with van der Waals surface area (Å²) in [5.41, 5.74) is 5.42. The van der Waals surface area contributed by atoms with E-state index in [0.717, 1.165) is 0 Å². The van der Waals surface area contributed by atoms with E-state index >= 15 is 0 Å². The zero-order valence-electron chi connectivity index (χ0n) is 25.5. The van der Waals surface area contributed by atoms with Gasteiger partial charge in [0.15, 0.2) is 0 Å². The number of amides is 5. The summed E-state index contributed by atoms with van der Waals surface area (Å²) >= 11 is 0. The van der Waals surface area contributed by atoms with E-state index in [2.05, 4.69) is 21.3 Å². The van der Waals surface area contributed by atoms with Crippen LogP contribution >= 0.6 is 0 Å². The molecule has 0 aromatic rings. The van der Waals surface area contributed by atoms with Gasteiger partial charge in [-0.15, -0.1) is 0 Å². The molecule has 41 heavy (non-hydrogen) atoms. The quantitative estimate of drug-likeness (QED) is 0.147. The van der Waals surface area contributed by atoms with Crippen LogP contribution in [-0.2, 0) is 28.8 Å². The van der Waals surface area contributed by atoms with Crippen molar-refractivity contribution >= 4 is 35.5 Å². The summed E-state index contributed by atoms with van der Waals surface area (Å²) in [6, 6.07) is -4.75. The summed E-state index contributed by atoms with van der Waals surface area (Å²) in [6.45, 7) is 12.8. The number of hydrogen-bond donors (Lipinski definition) is 6. The molecule has 0 aromatic carbocycles. The van der Waals surface area contributed by atoms with Crippen molar-refractivity contribution in [1.29, 1.82) is 0 Å². The number of carboxylic acid groups (broad SMARTS) is 1. The van der Waals surface area contributed by atoms with E-state index in [1.165, 1.54) is 11.8 Å². The fourth-order valence-electron chi connectivity index (χ4n) is 4.79. The summed E-state index contributed by atoms with van der Waals surface area (Å²) in [7, 11) is 0. The Morgan fingerprint density at radius 3 is 1.80 bits per heavy atom. The maximum atomic E-state index is 13.4. The molecule has 5 amide bonds. The van der Waals surface area contributed by atoms with Crippen LogP contribution in [0.2, 0.25) is 0 Å². The van der Waals surface area contributed by atoms with E-state index in [1.54, 1.807) is 0 Å². The summed E-state index contributed by atoms with van der Waals surface area (Å²) < 4.78 is 0. The topological polar surface area (TPSA) is 200 Å². The first-order chi connectivity index (χ1) is 19.1. The molecule has 0 aromatic heterocycles. The molecule has 0 saturated carbocycles. The zero-order chi connectivity index (χ0) is 31.4. The third-order valence-corrected chi connectivity index (χ3v) is 6.78. The first-order valence-corrected chi connectivity index (χ1v) is 14.5. The summed E-state index contributed by atoms with van der Waals surface area (Å²) in [5, 5.41) is 19.9. The van der Waals surface area contributed by atoms with E-state index in [4.69, 9.17) is 5.73 Å². The Balaban J connectivity index is 2.98. The standard InChI is InChI=1S/C28H50N6O7/c1-15(2)11-19(25(37)30-18(7)24(36)33-21(28(40)41)13-17(5)6)32-26(38)22-9-8-10-34(22)27(39)20(12-16(3)4)31-23(35)14-29/h15-22H,8-14,29H2,1-7H3,(H,30,37)(H,31,35)(H,32,38)(H,33,36)(H,40,41)/t18-,19-,20-,21-,22-/m0/s1. The fraction of sp³-hybridized carbons (Fsp3) is 0.786. The average molecular weight is 583 g/mol. The summed E-state index contributed by atoms with van der Waals surface area (Å²) in [6.07, 6.45) is 1.88. The lowest BCUT2D eigenvalue weighted by Gasteiger charge is -2.31. The van der Waals surface area contributed by atoms with Gasteiger partial charge >= 0.3 is 5.97 Å². The highest BCUT2D eigenvalue weighted by Gasteiger charge is 2.39. The Bertz CT molecular complexity index is 939. The maximum absolute atomic E-state index is 13.4. The van der Waals surface area contributed by atoms with E-state index in [0.29, 0.717) is 25.8 Å². The van der Waals surface area contributed by atoms with E-state index in [9.17, 15) is 33.9 Å². The van der Waals surface area contributed by atoms with Gasteiger partial charge < -0.3 is 37.0 Å². The first-order valence-electron chi connectivity index (χ1n) is 14.5. The Morgan fingerprint density at radius 1 is 0.756 bits per heavy atom. The SMILES string of the molecule is CC(C)C[C@H](NC(=O)[C@H](C)NC(=O)[C@H](CC(C)C)NC(=O)[C@@H]1CCCN1C(=O)[C@H](CC(C)C)NC(=O)CN)C(=O)O. The van der Waals surface area contributed by atoms with Gasteiger partial charge in [0.2, 0.25) is 29.5 Å². The molecule has 5 atom stereocenters. The molecule has 0 radical (unpaired) electrons. The predicted molar refractivity (Wildman–Crippen MR) is 153 cm³/mol. The molecule has 234 valence electrons. The number of nitrogens with zero attached hydrogens (tertiary/aromatic N) is 1. The molecule has 0 aliphatic carbocycles. The second-order valence-corrected chi connectivity index (χ2v) is 12.1. The molecule has 13 nitrogen and oxygen atoms in total. The molecule has 1 aliphatic heterocycles. The smallest absolute Gasteiger partial charge is 0.326 e.